The van der Waals surface area contributed by atoms with E-state index in [-0.39, 0.29) is 17.9 Å². The Kier molecular flexibility index (Phi) is 4.38. The number of hydrogen-bond acceptors (Lipinski definition) is 6. The third kappa shape index (κ3) is 3.88. The van der Waals surface area contributed by atoms with Crippen LogP contribution in [0.1, 0.15) is 30.6 Å². The second-order valence-corrected chi connectivity index (χ2v) is 4.36. The zero-order valence-corrected chi connectivity index (χ0v) is 10.6. The van der Waals surface area contributed by atoms with Gasteiger partial charge in [0.25, 0.3) is 5.69 Å². The predicted molar refractivity (Wildman–Crippen MR) is 67.3 cm³/mol. The molecule has 0 spiro atoms. The summed E-state index contributed by atoms with van der Waals surface area (Å²) in [6.07, 6.45) is 1.44. The average Bonchev–Trinajstić information content (AvgIpc) is 2.36. The lowest BCUT2D eigenvalue weighted by Gasteiger charge is -2.22. The van der Waals surface area contributed by atoms with E-state index in [9.17, 15) is 20.0 Å². The number of nitrogens with zero attached hydrogens (tertiary/aromatic N) is 2. The third-order valence-corrected chi connectivity index (χ3v) is 2.71. The number of aromatic carboxylic acids is 1. The molecule has 1 aromatic rings. The summed E-state index contributed by atoms with van der Waals surface area (Å²) in [6, 6.07) is 0.929. The smallest absolute Gasteiger partial charge is 0.339 e. The zero-order chi connectivity index (χ0) is 14.6. The summed E-state index contributed by atoms with van der Waals surface area (Å²) in [5.74, 6) is -1.33. The van der Waals surface area contributed by atoms with Gasteiger partial charge in [-0.2, -0.15) is 0 Å². The minimum atomic E-state index is -1.32. The summed E-state index contributed by atoms with van der Waals surface area (Å²) < 4.78 is 0. The van der Waals surface area contributed by atoms with Gasteiger partial charge in [0.05, 0.1) is 10.5 Å². The Balaban J connectivity index is 3.01. The highest BCUT2D eigenvalue weighted by Gasteiger charge is 2.21. The molecule has 1 aromatic heterocycles. The molecular weight excluding hydrogens is 254 g/mol. The number of anilines is 1. The van der Waals surface area contributed by atoms with Gasteiger partial charge in [-0.15, -0.1) is 0 Å². The molecule has 0 radical (unpaired) electrons. The molecule has 0 saturated carbocycles. The standard InChI is InChI=1S/C11H15N3O5/c1-3-11(2,17)6-13-9-8(10(15)16)4-7(5-12-9)14(18)19/h4-5,17H,3,6H2,1-2H3,(H,12,13)(H,15,16). The molecule has 8 heteroatoms. The van der Waals surface area contributed by atoms with Crippen molar-refractivity contribution in [1.29, 1.82) is 0 Å². The molecule has 3 N–H and O–H groups in total. The summed E-state index contributed by atoms with van der Waals surface area (Å²) in [5, 5.41) is 32.1. The van der Waals surface area contributed by atoms with E-state index in [0.29, 0.717) is 6.42 Å². The highest BCUT2D eigenvalue weighted by atomic mass is 16.6. The first-order valence-corrected chi connectivity index (χ1v) is 5.61. The van der Waals surface area contributed by atoms with Crippen LogP contribution in [-0.4, -0.2) is 38.2 Å². The molecule has 0 amide bonds. The van der Waals surface area contributed by atoms with E-state index in [0.717, 1.165) is 12.3 Å². The van der Waals surface area contributed by atoms with E-state index in [2.05, 4.69) is 10.3 Å². The summed E-state index contributed by atoms with van der Waals surface area (Å²) in [5.41, 5.74) is -1.72. The Hall–Kier alpha value is -2.22. The highest BCUT2D eigenvalue weighted by Crippen LogP contribution is 2.20. The molecule has 0 bridgehead atoms. The van der Waals surface area contributed by atoms with Crippen LogP contribution in [-0.2, 0) is 0 Å². The Bertz CT molecular complexity index is 501. The van der Waals surface area contributed by atoms with Crippen LogP contribution in [0.2, 0.25) is 0 Å². The minimum absolute atomic E-state index is 0.00757. The van der Waals surface area contributed by atoms with Crippen molar-refractivity contribution in [2.24, 2.45) is 0 Å². The van der Waals surface area contributed by atoms with Crippen molar-refractivity contribution >= 4 is 17.5 Å². The van der Waals surface area contributed by atoms with Crippen molar-refractivity contribution in [1.82, 2.24) is 4.98 Å². The molecule has 0 aliphatic rings. The summed E-state index contributed by atoms with van der Waals surface area (Å²) in [7, 11) is 0. The number of carboxylic acids is 1. The number of hydrogen-bond donors (Lipinski definition) is 3. The molecule has 0 saturated heterocycles. The molecule has 0 aromatic carbocycles. The Morgan fingerprint density at radius 3 is 2.74 bits per heavy atom. The normalized spacial score (nSPS) is 13.6. The SMILES string of the molecule is CCC(C)(O)CNc1ncc([N+](=O)[O-])cc1C(=O)O. The van der Waals surface area contributed by atoms with Crippen LogP contribution in [0.25, 0.3) is 0 Å². The van der Waals surface area contributed by atoms with Crippen molar-refractivity contribution in [3.8, 4) is 0 Å². The van der Waals surface area contributed by atoms with E-state index < -0.39 is 22.2 Å². The Morgan fingerprint density at radius 1 is 1.63 bits per heavy atom. The fourth-order valence-corrected chi connectivity index (χ4v) is 1.26. The van der Waals surface area contributed by atoms with Gasteiger partial charge in [-0.3, -0.25) is 10.1 Å². The van der Waals surface area contributed by atoms with Crippen molar-refractivity contribution in [2.45, 2.75) is 25.9 Å². The first kappa shape index (κ1) is 14.8. The fourth-order valence-electron chi connectivity index (χ4n) is 1.26. The number of rotatable bonds is 6. The van der Waals surface area contributed by atoms with E-state index in [4.69, 9.17) is 5.11 Å². The molecular formula is C11H15N3O5. The lowest BCUT2D eigenvalue weighted by Crippen LogP contribution is -2.33. The van der Waals surface area contributed by atoms with Gasteiger partial charge in [0.15, 0.2) is 0 Å². The lowest BCUT2D eigenvalue weighted by atomic mass is 10.0. The van der Waals surface area contributed by atoms with Crippen LogP contribution in [0.5, 0.6) is 0 Å². The Morgan fingerprint density at radius 2 is 2.26 bits per heavy atom. The van der Waals surface area contributed by atoms with Crippen molar-refractivity contribution in [2.75, 3.05) is 11.9 Å². The monoisotopic (exact) mass is 269 g/mol. The van der Waals surface area contributed by atoms with Crippen molar-refractivity contribution in [3.63, 3.8) is 0 Å². The molecule has 1 unspecified atom stereocenters. The first-order chi connectivity index (χ1) is 8.76. The van der Waals surface area contributed by atoms with E-state index >= 15 is 0 Å². The fraction of sp³-hybridized carbons (Fsp3) is 0.455. The van der Waals surface area contributed by atoms with Gasteiger partial charge in [0.1, 0.15) is 17.6 Å². The molecule has 0 aliphatic heterocycles. The van der Waals surface area contributed by atoms with E-state index in [1.165, 1.54) is 0 Å². The highest BCUT2D eigenvalue weighted by molar-refractivity contribution is 5.93. The van der Waals surface area contributed by atoms with Crippen LogP contribution in [0.3, 0.4) is 0 Å². The first-order valence-electron chi connectivity index (χ1n) is 5.61. The van der Waals surface area contributed by atoms with Crippen LogP contribution in [0.15, 0.2) is 12.3 Å². The molecule has 8 nitrogen and oxygen atoms in total. The van der Waals surface area contributed by atoms with Gasteiger partial charge < -0.3 is 15.5 Å². The Labute approximate surface area is 109 Å². The van der Waals surface area contributed by atoms with Crippen molar-refractivity contribution < 1.29 is 19.9 Å². The number of aliphatic hydroxyl groups is 1. The molecule has 1 rings (SSSR count). The number of carboxylic acid groups (broad SMARTS) is 1. The molecule has 19 heavy (non-hydrogen) atoms. The van der Waals surface area contributed by atoms with Crippen molar-refractivity contribution in [3.05, 3.63) is 27.9 Å². The molecule has 0 fully saturated rings. The average molecular weight is 269 g/mol. The number of nitrogens with one attached hydrogen (secondary N) is 1. The van der Waals surface area contributed by atoms with Gasteiger partial charge in [0, 0.05) is 12.6 Å². The number of aromatic nitrogens is 1. The van der Waals surface area contributed by atoms with Gasteiger partial charge in [0.2, 0.25) is 0 Å². The van der Waals surface area contributed by atoms with E-state index in [1.54, 1.807) is 13.8 Å². The summed E-state index contributed by atoms with van der Waals surface area (Å²) in [6.45, 7) is 3.46. The number of nitro groups is 1. The quantitative estimate of drug-likeness (QED) is 0.524. The maximum Gasteiger partial charge on any atom is 0.339 e. The minimum Gasteiger partial charge on any atom is -0.478 e. The number of carbonyl (C=O) groups is 1. The second-order valence-electron chi connectivity index (χ2n) is 4.36. The zero-order valence-electron chi connectivity index (χ0n) is 10.6. The van der Waals surface area contributed by atoms with Crippen LogP contribution in [0, 0.1) is 10.1 Å². The van der Waals surface area contributed by atoms with Crippen LogP contribution < -0.4 is 5.32 Å². The predicted octanol–water partition coefficient (Wildman–Crippen LogP) is 1.26. The molecule has 1 atom stereocenters. The summed E-state index contributed by atoms with van der Waals surface area (Å²) in [4.78, 5) is 24.6. The maximum absolute atomic E-state index is 11.0. The topological polar surface area (TPSA) is 126 Å². The molecule has 104 valence electrons. The lowest BCUT2D eigenvalue weighted by molar-refractivity contribution is -0.385. The van der Waals surface area contributed by atoms with Gasteiger partial charge in [-0.05, 0) is 13.3 Å². The van der Waals surface area contributed by atoms with Crippen LogP contribution >= 0.6 is 0 Å². The molecule has 0 aliphatic carbocycles. The molecule has 1 heterocycles. The number of pyridine rings is 1. The van der Waals surface area contributed by atoms with E-state index in [1.807, 2.05) is 0 Å². The van der Waals surface area contributed by atoms with Crippen LogP contribution in [0.4, 0.5) is 11.5 Å². The van der Waals surface area contributed by atoms with Gasteiger partial charge in [-0.1, -0.05) is 6.92 Å². The maximum atomic E-state index is 11.0. The third-order valence-electron chi connectivity index (χ3n) is 2.71. The second kappa shape index (κ2) is 5.61. The largest absolute Gasteiger partial charge is 0.478 e. The summed E-state index contributed by atoms with van der Waals surface area (Å²) >= 11 is 0. The van der Waals surface area contributed by atoms with Gasteiger partial charge >= 0.3 is 5.97 Å². The van der Waals surface area contributed by atoms with Gasteiger partial charge in [-0.25, -0.2) is 9.78 Å².